The van der Waals surface area contributed by atoms with Crippen molar-refractivity contribution in [2.75, 3.05) is 11.9 Å². The fraction of sp³-hybridized carbons (Fsp3) is 0.115. The van der Waals surface area contributed by atoms with E-state index in [-0.39, 0.29) is 0 Å². The molecule has 1 atom stereocenters. The first kappa shape index (κ1) is 21.7. The van der Waals surface area contributed by atoms with Gasteiger partial charge in [-0.05, 0) is 42.0 Å². The number of aromatic nitrogens is 3. The number of nitrogens with two attached hydrogens (primary N) is 1. The number of pyridine rings is 3. The highest BCUT2D eigenvalue weighted by Crippen LogP contribution is 2.31. The van der Waals surface area contributed by atoms with Crippen LogP contribution in [0.3, 0.4) is 0 Å². The van der Waals surface area contributed by atoms with Crippen molar-refractivity contribution in [2.45, 2.75) is 12.3 Å². The molecule has 0 saturated heterocycles. The summed E-state index contributed by atoms with van der Waals surface area (Å²) in [6.45, 7) is 0.576. The van der Waals surface area contributed by atoms with Gasteiger partial charge >= 0.3 is 0 Å². The Morgan fingerprint density at radius 3 is 2.55 bits per heavy atom. The molecule has 7 heteroatoms. The van der Waals surface area contributed by atoms with Gasteiger partial charge in [0.2, 0.25) is 5.91 Å². The Morgan fingerprint density at radius 2 is 1.88 bits per heavy atom. The summed E-state index contributed by atoms with van der Waals surface area (Å²) in [4.78, 5) is 25.8. The van der Waals surface area contributed by atoms with Crippen LogP contribution < -0.4 is 11.1 Å². The molecule has 0 radical (unpaired) electrons. The Bertz CT molecular complexity index is 1270. The molecule has 3 N–H and O–H groups in total. The summed E-state index contributed by atoms with van der Waals surface area (Å²) >= 11 is 0. The third-order valence-electron chi connectivity index (χ3n) is 5.25. The van der Waals surface area contributed by atoms with E-state index in [1.165, 1.54) is 0 Å². The van der Waals surface area contributed by atoms with Crippen molar-refractivity contribution in [2.24, 2.45) is 5.73 Å². The van der Waals surface area contributed by atoms with Crippen molar-refractivity contribution in [1.29, 1.82) is 5.26 Å². The highest BCUT2D eigenvalue weighted by atomic mass is 16.1. The van der Waals surface area contributed by atoms with Crippen LogP contribution in [0.1, 0.15) is 28.3 Å². The van der Waals surface area contributed by atoms with Gasteiger partial charge in [0.05, 0.1) is 23.2 Å². The average Bonchev–Trinajstić information content (AvgIpc) is 2.86. The number of amides is 1. The van der Waals surface area contributed by atoms with Gasteiger partial charge < -0.3 is 11.1 Å². The Morgan fingerprint density at radius 1 is 1.03 bits per heavy atom. The van der Waals surface area contributed by atoms with Crippen LogP contribution in [0.2, 0.25) is 0 Å². The summed E-state index contributed by atoms with van der Waals surface area (Å²) in [7, 11) is 0. The lowest BCUT2D eigenvalue weighted by Gasteiger charge is -2.19. The van der Waals surface area contributed by atoms with E-state index in [0.717, 1.165) is 17.0 Å². The molecule has 3 heterocycles. The van der Waals surface area contributed by atoms with Crippen LogP contribution >= 0.6 is 0 Å². The Kier molecular flexibility index (Phi) is 6.67. The number of benzene rings is 1. The van der Waals surface area contributed by atoms with Crippen LogP contribution in [-0.2, 0) is 11.2 Å². The second-order valence-electron chi connectivity index (χ2n) is 7.44. The lowest BCUT2D eigenvalue weighted by Crippen LogP contribution is -2.24. The lowest BCUT2D eigenvalue weighted by molar-refractivity contribution is -0.118. The van der Waals surface area contributed by atoms with Gasteiger partial charge in [0, 0.05) is 48.4 Å². The third-order valence-corrected chi connectivity index (χ3v) is 5.25. The second kappa shape index (κ2) is 10.2. The van der Waals surface area contributed by atoms with Crippen molar-refractivity contribution in [1.82, 2.24) is 15.0 Å². The number of anilines is 1. The number of hydrogen-bond donors (Lipinski definition) is 2. The first-order valence-electron chi connectivity index (χ1n) is 10.5. The van der Waals surface area contributed by atoms with E-state index in [1.54, 1.807) is 36.8 Å². The maximum Gasteiger partial charge on any atom is 0.229 e. The van der Waals surface area contributed by atoms with E-state index in [1.807, 2.05) is 48.5 Å². The molecular formula is C26H22N6O. The smallest absolute Gasteiger partial charge is 0.229 e. The predicted octanol–water partition coefficient (Wildman–Crippen LogP) is 3.68. The molecule has 4 aromatic rings. The minimum Gasteiger partial charge on any atom is -0.369 e. The summed E-state index contributed by atoms with van der Waals surface area (Å²) in [5.41, 5.74) is 10.3. The monoisotopic (exact) mass is 434 g/mol. The second-order valence-corrected chi connectivity index (χ2v) is 7.44. The molecule has 1 amide bonds. The molecule has 7 nitrogen and oxygen atoms in total. The van der Waals surface area contributed by atoms with Crippen LogP contribution in [0.25, 0.3) is 11.3 Å². The fourth-order valence-electron chi connectivity index (χ4n) is 3.62. The fourth-order valence-corrected chi connectivity index (χ4v) is 3.62. The summed E-state index contributed by atoms with van der Waals surface area (Å²) in [6.07, 6.45) is 5.74. The molecule has 1 unspecified atom stereocenters. The molecule has 0 saturated carbocycles. The van der Waals surface area contributed by atoms with Crippen LogP contribution in [0.5, 0.6) is 0 Å². The quantitative estimate of drug-likeness (QED) is 0.437. The number of nitrogens with zero attached hydrogens (tertiary/aromatic N) is 4. The number of rotatable bonds is 8. The molecule has 0 bridgehead atoms. The zero-order valence-electron chi connectivity index (χ0n) is 17.8. The standard InChI is InChI=1S/C26H22N6O/c27-16-18-6-8-19(9-7-18)23-11-10-22(24(25(28)33)20-4-3-13-29-17-20)26(32-23)31-15-12-21-5-1-2-14-30-21/h1-11,13-14,17,24H,12,15H2,(H2,28,33)(H,31,32). The minimum absolute atomic E-state index is 0.483. The number of hydrogen-bond acceptors (Lipinski definition) is 6. The zero-order chi connectivity index (χ0) is 23.0. The van der Waals surface area contributed by atoms with Crippen LogP contribution in [0.15, 0.2) is 85.3 Å². The van der Waals surface area contributed by atoms with Gasteiger partial charge in [0.15, 0.2) is 0 Å². The highest BCUT2D eigenvalue weighted by Gasteiger charge is 2.24. The van der Waals surface area contributed by atoms with Gasteiger partial charge in [0.1, 0.15) is 5.82 Å². The Hall–Kier alpha value is -4.57. The van der Waals surface area contributed by atoms with Crippen LogP contribution in [0, 0.1) is 11.3 Å². The molecule has 1 aromatic carbocycles. The van der Waals surface area contributed by atoms with Gasteiger partial charge in [-0.1, -0.05) is 30.3 Å². The van der Waals surface area contributed by atoms with Crippen molar-refractivity contribution in [3.63, 3.8) is 0 Å². The van der Waals surface area contributed by atoms with Crippen molar-refractivity contribution in [3.05, 3.63) is 108 Å². The molecule has 3 aromatic heterocycles. The van der Waals surface area contributed by atoms with Crippen LogP contribution in [0.4, 0.5) is 5.82 Å². The molecule has 4 rings (SSSR count). The lowest BCUT2D eigenvalue weighted by atomic mass is 9.91. The van der Waals surface area contributed by atoms with E-state index in [2.05, 4.69) is 21.4 Å². The molecule has 0 spiro atoms. The zero-order valence-corrected chi connectivity index (χ0v) is 17.8. The number of nitrogens with one attached hydrogen (secondary N) is 1. The van der Waals surface area contributed by atoms with Gasteiger partial charge in [-0.2, -0.15) is 5.26 Å². The van der Waals surface area contributed by atoms with Gasteiger partial charge in [-0.3, -0.25) is 14.8 Å². The van der Waals surface area contributed by atoms with Crippen molar-refractivity contribution in [3.8, 4) is 17.3 Å². The van der Waals surface area contributed by atoms with Crippen molar-refractivity contribution >= 4 is 11.7 Å². The summed E-state index contributed by atoms with van der Waals surface area (Å²) < 4.78 is 0. The molecule has 0 aliphatic rings. The van der Waals surface area contributed by atoms with Gasteiger partial charge in [-0.15, -0.1) is 0 Å². The van der Waals surface area contributed by atoms with E-state index >= 15 is 0 Å². The summed E-state index contributed by atoms with van der Waals surface area (Å²) in [6, 6.07) is 22.4. The van der Waals surface area contributed by atoms with E-state index in [9.17, 15) is 4.79 Å². The molecule has 0 aliphatic carbocycles. The highest BCUT2D eigenvalue weighted by molar-refractivity contribution is 5.87. The van der Waals surface area contributed by atoms with E-state index in [4.69, 9.17) is 16.0 Å². The number of nitriles is 1. The normalized spacial score (nSPS) is 11.4. The van der Waals surface area contributed by atoms with E-state index in [0.29, 0.717) is 35.5 Å². The maximum absolute atomic E-state index is 12.5. The maximum atomic E-state index is 12.5. The summed E-state index contributed by atoms with van der Waals surface area (Å²) in [5.74, 6) is -0.609. The van der Waals surface area contributed by atoms with Gasteiger partial charge in [-0.25, -0.2) is 4.98 Å². The summed E-state index contributed by atoms with van der Waals surface area (Å²) in [5, 5.41) is 12.4. The molecule has 0 fully saturated rings. The molecular weight excluding hydrogens is 412 g/mol. The average molecular weight is 435 g/mol. The largest absolute Gasteiger partial charge is 0.369 e. The molecule has 33 heavy (non-hydrogen) atoms. The van der Waals surface area contributed by atoms with E-state index < -0.39 is 11.8 Å². The topological polar surface area (TPSA) is 118 Å². The SMILES string of the molecule is N#Cc1ccc(-c2ccc(C(C(N)=O)c3cccnc3)c(NCCc3ccccn3)n2)cc1. The Balaban J connectivity index is 1.70. The molecule has 162 valence electrons. The number of carbonyl (C=O) groups is 1. The first-order valence-corrected chi connectivity index (χ1v) is 10.5. The van der Waals surface area contributed by atoms with Crippen LogP contribution in [-0.4, -0.2) is 27.4 Å². The number of carbonyl (C=O) groups excluding carboxylic acids is 1. The Labute approximate surface area is 192 Å². The minimum atomic E-state index is -0.696. The first-order chi connectivity index (χ1) is 16.2. The van der Waals surface area contributed by atoms with Crippen molar-refractivity contribution < 1.29 is 4.79 Å². The van der Waals surface area contributed by atoms with Gasteiger partial charge in [0.25, 0.3) is 0 Å². The predicted molar refractivity (Wildman–Crippen MR) is 126 cm³/mol. The number of primary amides is 1. The third kappa shape index (κ3) is 5.20. The molecule has 0 aliphatic heterocycles.